The number of para-hydroxylation sites is 1. The van der Waals surface area contributed by atoms with Crippen LogP contribution in [0.2, 0.25) is 0 Å². The van der Waals surface area contributed by atoms with Gasteiger partial charge in [-0.3, -0.25) is 0 Å². The fraction of sp³-hybridized carbons (Fsp3) is 0.278. The molecule has 0 saturated heterocycles. The van der Waals surface area contributed by atoms with Gasteiger partial charge in [0.25, 0.3) is 0 Å². The highest BCUT2D eigenvalue weighted by molar-refractivity contribution is 5.36. The average Bonchev–Trinajstić information content (AvgIpc) is 2.52. The molecule has 0 atom stereocenters. The Morgan fingerprint density at radius 3 is 2.52 bits per heavy atom. The number of rotatable bonds is 6. The largest absolute Gasteiger partial charge is 0.490 e. The van der Waals surface area contributed by atoms with Crippen molar-refractivity contribution in [1.29, 1.82) is 5.26 Å². The second kappa shape index (κ2) is 7.35. The molecule has 2 aromatic carbocycles. The van der Waals surface area contributed by atoms with Crippen LogP contribution in [0.25, 0.3) is 0 Å². The van der Waals surface area contributed by atoms with Crippen LogP contribution < -0.4 is 9.47 Å². The number of benzene rings is 2. The number of hydrogen-bond donors (Lipinski definition) is 0. The Kier molecular flexibility index (Phi) is 5.22. The van der Waals surface area contributed by atoms with Gasteiger partial charge in [-0.15, -0.1) is 0 Å². The number of nitrogens with zero attached hydrogens (tertiary/aromatic N) is 1. The van der Waals surface area contributed by atoms with Gasteiger partial charge in [0.2, 0.25) is 0 Å². The average molecular weight is 281 g/mol. The molecule has 0 radical (unpaired) electrons. The summed E-state index contributed by atoms with van der Waals surface area (Å²) in [7, 11) is 0. The monoisotopic (exact) mass is 281 g/mol. The lowest BCUT2D eigenvalue weighted by Gasteiger charge is -2.14. The third kappa shape index (κ3) is 4.25. The minimum absolute atomic E-state index is 0.425. The zero-order valence-electron chi connectivity index (χ0n) is 12.4. The molecular formula is C18H19NO2. The molecule has 3 nitrogen and oxygen atoms in total. The van der Waals surface area contributed by atoms with Crippen molar-refractivity contribution in [1.82, 2.24) is 0 Å². The van der Waals surface area contributed by atoms with Crippen LogP contribution in [0.1, 0.15) is 30.9 Å². The van der Waals surface area contributed by atoms with Crippen molar-refractivity contribution in [2.24, 2.45) is 0 Å². The van der Waals surface area contributed by atoms with E-state index in [9.17, 15) is 0 Å². The Bertz CT molecular complexity index is 629. The predicted molar refractivity (Wildman–Crippen MR) is 82.7 cm³/mol. The molecule has 2 aromatic rings. The van der Waals surface area contributed by atoms with Crippen LogP contribution >= 0.6 is 0 Å². The lowest BCUT2D eigenvalue weighted by Crippen LogP contribution is -2.10. The van der Waals surface area contributed by atoms with Gasteiger partial charge in [-0.2, -0.15) is 5.26 Å². The van der Waals surface area contributed by atoms with Gasteiger partial charge in [0.1, 0.15) is 24.7 Å². The van der Waals surface area contributed by atoms with Crippen LogP contribution in [0.3, 0.4) is 0 Å². The Morgan fingerprint density at radius 2 is 1.76 bits per heavy atom. The molecule has 0 fully saturated rings. The summed E-state index contributed by atoms with van der Waals surface area (Å²) in [5.74, 6) is 2.02. The predicted octanol–water partition coefficient (Wildman–Crippen LogP) is 4.14. The van der Waals surface area contributed by atoms with Gasteiger partial charge in [0, 0.05) is 0 Å². The summed E-state index contributed by atoms with van der Waals surface area (Å²) in [5, 5.41) is 8.83. The summed E-state index contributed by atoms with van der Waals surface area (Å²) >= 11 is 0. The Balaban J connectivity index is 1.86. The highest BCUT2D eigenvalue weighted by Crippen LogP contribution is 2.25. The van der Waals surface area contributed by atoms with E-state index < -0.39 is 0 Å². The Hall–Kier alpha value is -2.47. The van der Waals surface area contributed by atoms with E-state index in [4.69, 9.17) is 14.7 Å². The number of ether oxygens (including phenoxy) is 2. The minimum Gasteiger partial charge on any atom is -0.490 e. The third-order valence-corrected chi connectivity index (χ3v) is 3.11. The van der Waals surface area contributed by atoms with Crippen LogP contribution in [0.5, 0.6) is 11.5 Å². The molecule has 0 spiro atoms. The molecule has 0 aromatic heterocycles. The van der Waals surface area contributed by atoms with Crippen molar-refractivity contribution < 1.29 is 9.47 Å². The molecule has 108 valence electrons. The summed E-state index contributed by atoms with van der Waals surface area (Å²) in [6, 6.07) is 17.3. The molecule has 0 bridgehead atoms. The molecular weight excluding hydrogens is 262 g/mol. The fourth-order valence-electron chi connectivity index (χ4n) is 2.06. The van der Waals surface area contributed by atoms with E-state index in [0.29, 0.717) is 30.4 Å². The maximum Gasteiger partial charge on any atom is 0.122 e. The highest BCUT2D eigenvalue weighted by atomic mass is 16.5. The number of nitriles is 1. The summed E-state index contributed by atoms with van der Waals surface area (Å²) in [4.78, 5) is 0. The molecule has 0 heterocycles. The molecule has 0 saturated carbocycles. The quantitative estimate of drug-likeness (QED) is 0.747. The Morgan fingerprint density at radius 1 is 1.00 bits per heavy atom. The third-order valence-electron chi connectivity index (χ3n) is 3.11. The molecule has 0 N–H and O–H groups in total. The standard InChI is InChI=1S/C18H19NO2/c1-14(2)17-8-3-4-9-18(17)21-11-10-20-16-7-5-6-15(12-16)13-19/h3-9,12,14H,10-11H2,1-2H3. The zero-order valence-corrected chi connectivity index (χ0v) is 12.4. The zero-order chi connectivity index (χ0) is 15.1. The van der Waals surface area contributed by atoms with Crippen molar-refractivity contribution in [3.8, 4) is 17.6 Å². The second-order valence-electron chi connectivity index (χ2n) is 5.03. The molecule has 21 heavy (non-hydrogen) atoms. The van der Waals surface area contributed by atoms with Crippen LogP contribution in [0, 0.1) is 11.3 Å². The van der Waals surface area contributed by atoms with Gasteiger partial charge in [-0.25, -0.2) is 0 Å². The van der Waals surface area contributed by atoms with Crippen LogP contribution in [-0.4, -0.2) is 13.2 Å². The molecule has 2 rings (SSSR count). The maximum absolute atomic E-state index is 8.83. The maximum atomic E-state index is 8.83. The SMILES string of the molecule is CC(C)c1ccccc1OCCOc1cccc(C#N)c1. The first-order chi connectivity index (χ1) is 10.2. The molecule has 0 amide bonds. The second-order valence-corrected chi connectivity index (χ2v) is 5.03. The van der Waals surface area contributed by atoms with Crippen molar-refractivity contribution in [3.05, 3.63) is 59.7 Å². The van der Waals surface area contributed by atoms with Crippen LogP contribution in [-0.2, 0) is 0 Å². The molecule has 0 aliphatic carbocycles. The number of hydrogen-bond acceptors (Lipinski definition) is 3. The summed E-state index contributed by atoms with van der Waals surface area (Å²) in [6.07, 6.45) is 0. The fourth-order valence-corrected chi connectivity index (χ4v) is 2.06. The van der Waals surface area contributed by atoms with Crippen LogP contribution in [0.4, 0.5) is 0 Å². The lowest BCUT2D eigenvalue weighted by molar-refractivity contribution is 0.215. The van der Waals surface area contributed by atoms with E-state index in [1.807, 2.05) is 30.3 Å². The summed E-state index contributed by atoms with van der Waals surface area (Å²) in [5.41, 5.74) is 1.79. The van der Waals surface area contributed by atoms with Crippen molar-refractivity contribution in [2.75, 3.05) is 13.2 Å². The lowest BCUT2D eigenvalue weighted by atomic mass is 10.0. The van der Waals surface area contributed by atoms with E-state index >= 15 is 0 Å². The normalized spacial score (nSPS) is 10.2. The first kappa shape index (κ1) is 14.9. The smallest absolute Gasteiger partial charge is 0.122 e. The van der Waals surface area contributed by atoms with Crippen molar-refractivity contribution in [3.63, 3.8) is 0 Å². The van der Waals surface area contributed by atoms with Gasteiger partial charge in [-0.1, -0.05) is 38.1 Å². The van der Waals surface area contributed by atoms with Gasteiger partial charge in [-0.05, 0) is 35.7 Å². The van der Waals surface area contributed by atoms with Crippen LogP contribution in [0.15, 0.2) is 48.5 Å². The highest BCUT2D eigenvalue weighted by Gasteiger charge is 2.06. The van der Waals surface area contributed by atoms with E-state index in [1.54, 1.807) is 12.1 Å². The van der Waals surface area contributed by atoms with Gasteiger partial charge < -0.3 is 9.47 Å². The van der Waals surface area contributed by atoms with Crippen molar-refractivity contribution >= 4 is 0 Å². The van der Waals surface area contributed by atoms with E-state index in [-0.39, 0.29) is 0 Å². The minimum atomic E-state index is 0.425. The van der Waals surface area contributed by atoms with Gasteiger partial charge >= 0.3 is 0 Å². The Labute approximate surface area is 125 Å². The molecule has 0 aliphatic heterocycles. The topological polar surface area (TPSA) is 42.2 Å². The van der Waals surface area contributed by atoms with E-state index in [1.165, 1.54) is 5.56 Å². The van der Waals surface area contributed by atoms with E-state index in [2.05, 4.69) is 26.0 Å². The van der Waals surface area contributed by atoms with Gasteiger partial charge in [0.05, 0.1) is 11.6 Å². The molecule has 3 heteroatoms. The molecule has 0 unspecified atom stereocenters. The molecule has 0 aliphatic rings. The summed E-state index contributed by atoms with van der Waals surface area (Å²) < 4.78 is 11.4. The van der Waals surface area contributed by atoms with E-state index in [0.717, 1.165) is 5.75 Å². The first-order valence-electron chi connectivity index (χ1n) is 7.05. The first-order valence-corrected chi connectivity index (χ1v) is 7.05. The summed E-state index contributed by atoms with van der Waals surface area (Å²) in [6.45, 7) is 5.21. The van der Waals surface area contributed by atoms with Gasteiger partial charge in [0.15, 0.2) is 0 Å². The van der Waals surface area contributed by atoms with Crippen molar-refractivity contribution in [2.45, 2.75) is 19.8 Å².